The number of ether oxygens (including phenoxy) is 3. The van der Waals surface area contributed by atoms with Crippen molar-refractivity contribution in [3.63, 3.8) is 0 Å². The number of alkyl halides is 3. The highest BCUT2D eigenvalue weighted by molar-refractivity contribution is 5.66. The van der Waals surface area contributed by atoms with Gasteiger partial charge in [-0.25, -0.2) is 0 Å². The third kappa shape index (κ3) is 4.59. The molecule has 8 heteroatoms. The molecule has 1 fully saturated rings. The molecule has 1 aliphatic rings. The molecule has 0 radical (unpaired) electrons. The quantitative estimate of drug-likeness (QED) is 0.747. The van der Waals surface area contributed by atoms with E-state index in [0.717, 1.165) is 13.8 Å². The second-order valence-electron chi connectivity index (χ2n) is 5.18. The van der Waals surface area contributed by atoms with Crippen molar-refractivity contribution in [2.24, 2.45) is 11.8 Å². The molecule has 0 amide bonds. The minimum Gasteiger partial charge on any atom is -0.463 e. The fraction of sp³-hybridized carbons (Fsp3) is 0.846. The molecule has 0 saturated carbocycles. The molecule has 0 aromatic carbocycles. The van der Waals surface area contributed by atoms with Crippen LogP contribution in [-0.2, 0) is 23.8 Å². The second kappa shape index (κ2) is 6.64. The van der Waals surface area contributed by atoms with Gasteiger partial charge in [0.1, 0.15) is 18.8 Å². The van der Waals surface area contributed by atoms with Crippen molar-refractivity contribution in [1.29, 1.82) is 0 Å². The Morgan fingerprint density at radius 1 is 1.14 bits per heavy atom. The van der Waals surface area contributed by atoms with E-state index in [1.54, 1.807) is 0 Å². The first-order valence-electron chi connectivity index (χ1n) is 6.56. The van der Waals surface area contributed by atoms with E-state index in [9.17, 15) is 22.8 Å². The van der Waals surface area contributed by atoms with Crippen molar-refractivity contribution >= 4 is 11.9 Å². The van der Waals surface area contributed by atoms with Gasteiger partial charge in [-0.15, -0.1) is 0 Å². The Hall–Kier alpha value is -1.31. The van der Waals surface area contributed by atoms with Gasteiger partial charge < -0.3 is 14.2 Å². The van der Waals surface area contributed by atoms with E-state index < -0.39 is 54.9 Å². The molecule has 0 bridgehead atoms. The summed E-state index contributed by atoms with van der Waals surface area (Å²) < 4.78 is 54.8. The van der Waals surface area contributed by atoms with E-state index in [0.29, 0.717) is 0 Å². The van der Waals surface area contributed by atoms with Crippen LogP contribution in [0.1, 0.15) is 27.7 Å². The van der Waals surface area contributed by atoms with Crippen LogP contribution in [0.25, 0.3) is 0 Å². The van der Waals surface area contributed by atoms with Crippen LogP contribution in [0.4, 0.5) is 13.2 Å². The number of halogens is 3. The molecule has 1 aliphatic heterocycles. The van der Waals surface area contributed by atoms with Crippen molar-refractivity contribution in [1.82, 2.24) is 0 Å². The number of hydrogen-bond donors (Lipinski definition) is 0. The third-order valence-corrected chi connectivity index (χ3v) is 3.55. The molecule has 0 N–H and O–H groups in total. The molecule has 1 heterocycles. The van der Waals surface area contributed by atoms with Gasteiger partial charge in [-0.2, -0.15) is 13.2 Å². The summed E-state index contributed by atoms with van der Waals surface area (Å²) in [6, 6.07) is 0. The van der Waals surface area contributed by atoms with E-state index >= 15 is 0 Å². The molecule has 0 aromatic heterocycles. The zero-order chi connectivity index (χ0) is 16.4. The highest BCUT2D eigenvalue weighted by Gasteiger charge is 2.56. The summed E-state index contributed by atoms with van der Waals surface area (Å²) in [5, 5.41) is 0. The summed E-state index contributed by atoms with van der Waals surface area (Å²) in [6.07, 6.45) is -7.93. The molecule has 21 heavy (non-hydrogen) atoms. The van der Waals surface area contributed by atoms with Crippen LogP contribution in [0.15, 0.2) is 0 Å². The lowest BCUT2D eigenvalue weighted by atomic mass is 9.80. The first-order chi connectivity index (χ1) is 9.54. The van der Waals surface area contributed by atoms with E-state index in [1.807, 2.05) is 0 Å². The molecule has 1 rings (SSSR count). The molecule has 3 unspecified atom stereocenters. The summed E-state index contributed by atoms with van der Waals surface area (Å²) in [6.45, 7) is 4.67. The maximum absolute atomic E-state index is 13.3. The molecule has 0 aromatic rings. The zero-order valence-corrected chi connectivity index (χ0v) is 12.3. The van der Waals surface area contributed by atoms with E-state index in [4.69, 9.17) is 14.2 Å². The van der Waals surface area contributed by atoms with Crippen LogP contribution in [0.5, 0.6) is 0 Å². The van der Waals surface area contributed by atoms with Crippen molar-refractivity contribution in [3.8, 4) is 0 Å². The Bertz CT molecular complexity index is 396. The minimum absolute atomic E-state index is 0.392. The van der Waals surface area contributed by atoms with Gasteiger partial charge in [0, 0.05) is 13.8 Å². The average Bonchev–Trinajstić information content (AvgIpc) is 2.29. The molecule has 1 saturated heterocycles. The largest absolute Gasteiger partial charge is 0.463 e. The number of carbonyl (C=O) groups is 2. The van der Waals surface area contributed by atoms with Crippen molar-refractivity contribution < 1.29 is 37.0 Å². The predicted octanol–water partition coefficient (Wildman–Crippen LogP) is 2.08. The highest BCUT2D eigenvalue weighted by atomic mass is 19.4. The minimum atomic E-state index is -4.55. The SMILES string of the molecule is CC(=O)OCC1O[C@H](C)C(C)C(C(F)(F)F)[C@@H]1OC(C)=O. The maximum Gasteiger partial charge on any atom is 0.395 e. The van der Waals surface area contributed by atoms with Crippen molar-refractivity contribution in [2.75, 3.05) is 6.61 Å². The van der Waals surface area contributed by atoms with Gasteiger partial charge >= 0.3 is 18.1 Å². The Balaban J connectivity index is 3.04. The summed E-state index contributed by atoms with van der Waals surface area (Å²) >= 11 is 0. The fourth-order valence-corrected chi connectivity index (χ4v) is 2.46. The fourth-order valence-electron chi connectivity index (χ4n) is 2.46. The van der Waals surface area contributed by atoms with Gasteiger partial charge in [0.25, 0.3) is 0 Å². The number of esters is 2. The summed E-state index contributed by atoms with van der Waals surface area (Å²) in [7, 11) is 0. The Labute approximate surface area is 120 Å². The standard InChI is InChI=1S/C13H19F3O5/c1-6-7(2)20-10(5-19-8(3)17)12(21-9(4)18)11(6)13(14,15)16/h6-7,10-12H,5H2,1-4H3/t6?,7-,10?,11?,12-/m1/s1. The lowest BCUT2D eigenvalue weighted by molar-refractivity contribution is -0.278. The molecular formula is C13H19F3O5. The molecule has 5 nitrogen and oxygen atoms in total. The number of rotatable bonds is 3. The average molecular weight is 312 g/mol. The van der Waals surface area contributed by atoms with Gasteiger partial charge in [0.15, 0.2) is 0 Å². The number of carbonyl (C=O) groups excluding carboxylic acids is 2. The van der Waals surface area contributed by atoms with Gasteiger partial charge in [0.05, 0.1) is 12.0 Å². The smallest absolute Gasteiger partial charge is 0.395 e. The van der Waals surface area contributed by atoms with Crippen LogP contribution in [0.2, 0.25) is 0 Å². The van der Waals surface area contributed by atoms with Crippen LogP contribution in [0.3, 0.4) is 0 Å². The third-order valence-electron chi connectivity index (χ3n) is 3.55. The Morgan fingerprint density at radius 2 is 1.71 bits per heavy atom. The number of hydrogen-bond acceptors (Lipinski definition) is 5. The Kier molecular flexibility index (Phi) is 5.61. The molecule has 5 atom stereocenters. The maximum atomic E-state index is 13.3. The lowest BCUT2D eigenvalue weighted by Gasteiger charge is -2.44. The normalized spacial score (nSPS) is 33.4. The van der Waals surface area contributed by atoms with E-state index in [-0.39, 0.29) is 0 Å². The Morgan fingerprint density at radius 3 is 2.14 bits per heavy atom. The monoisotopic (exact) mass is 312 g/mol. The van der Waals surface area contributed by atoms with Crippen LogP contribution >= 0.6 is 0 Å². The van der Waals surface area contributed by atoms with Gasteiger partial charge in [-0.05, 0) is 12.8 Å². The first-order valence-corrected chi connectivity index (χ1v) is 6.56. The van der Waals surface area contributed by atoms with E-state index in [2.05, 4.69) is 0 Å². The van der Waals surface area contributed by atoms with Crippen LogP contribution in [-0.4, -0.2) is 43.0 Å². The topological polar surface area (TPSA) is 61.8 Å². The van der Waals surface area contributed by atoms with Gasteiger partial charge in [0.2, 0.25) is 0 Å². The van der Waals surface area contributed by atoms with Crippen LogP contribution < -0.4 is 0 Å². The van der Waals surface area contributed by atoms with Crippen LogP contribution in [0, 0.1) is 11.8 Å². The van der Waals surface area contributed by atoms with Gasteiger partial charge in [-0.1, -0.05) is 6.92 Å². The lowest BCUT2D eigenvalue weighted by Crippen LogP contribution is -2.57. The molecular weight excluding hydrogens is 293 g/mol. The van der Waals surface area contributed by atoms with Crippen molar-refractivity contribution in [2.45, 2.75) is 52.2 Å². The summed E-state index contributed by atoms with van der Waals surface area (Å²) in [5.74, 6) is -4.24. The molecule has 122 valence electrons. The van der Waals surface area contributed by atoms with Gasteiger partial charge in [-0.3, -0.25) is 9.59 Å². The first kappa shape index (κ1) is 17.7. The highest BCUT2D eigenvalue weighted by Crippen LogP contribution is 2.43. The second-order valence-corrected chi connectivity index (χ2v) is 5.18. The van der Waals surface area contributed by atoms with E-state index in [1.165, 1.54) is 13.8 Å². The summed E-state index contributed by atoms with van der Waals surface area (Å²) in [4.78, 5) is 21.9. The van der Waals surface area contributed by atoms with Crippen molar-refractivity contribution in [3.05, 3.63) is 0 Å². The predicted molar refractivity (Wildman–Crippen MR) is 65.2 cm³/mol. The molecule has 0 spiro atoms. The zero-order valence-electron chi connectivity index (χ0n) is 12.3. The molecule has 0 aliphatic carbocycles. The summed E-state index contributed by atoms with van der Waals surface area (Å²) in [5.41, 5.74) is 0.